The summed E-state index contributed by atoms with van der Waals surface area (Å²) in [6.45, 7) is 0.669. The zero-order valence-electron chi connectivity index (χ0n) is 10.9. The summed E-state index contributed by atoms with van der Waals surface area (Å²) in [4.78, 5) is 11.7. The molecule has 0 aliphatic heterocycles. The molecule has 0 bridgehead atoms. The molecule has 1 aromatic carbocycles. The third-order valence-corrected chi connectivity index (χ3v) is 3.57. The largest absolute Gasteiger partial charge is 0.338 e. The fourth-order valence-electron chi connectivity index (χ4n) is 2.20. The van der Waals surface area contributed by atoms with Gasteiger partial charge in [-0.2, -0.15) is 0 Å². The highest BCUT2D eigenvalue weighted by Gasteiger charge is 2.06. The molecule has 0 atom stereocenters. The Labute approximate surface area is 119 Å². The molecule has 0 saturated heterocycles. The second-order valence-corrected chi connectivity index (χ2v) is 5.13. The second kappa shape index (κ2) is 7.19. The van der Waals surface area contributed by atoms with Crippen LogP contribution in [0.3, 0.4) is 0 Å². The Bertz CT molecular complexity index is 471. The molecule has 102 valence electrons. The zero-order valence-corrected chi connectivity index (χ0v) is 11.7. The van der Waals surface area contributed by atoms with Crippen molar-refractivity contribution in [1.82, 2.24) is 5.32 Å². The summed E-state index contributed by atoms with van der Waals surface area (Å²) in [7, 11) is 0. The SMILES string of the molecule is O=C(NCCC1=CCCCC1)Nc1ccccc1Cl. The number of allylic oxidation sites excluding steroid dienone is 1. The Balaban J connectivity index is 1.73. The number of urea groups is 1. The van der Waals surface area contributed by atoms with Crippen LogP contribution in [0, 0.1) is 0 Å². The molecule has 4 heteroatoms. The number of rotatable bonds is 4. The van der Waals surface area contributed by atoms with E-state index in [-0.39, 0.29) is 6.03 Å². The molecule has 1 aliphatic carbocycles. The first-order valence-corrected chi connectivity index (χ1v) is 7.11. The molecular weight excluding hydrogens is 260 g/mol. The van der Waals surface area contributed by atoms with Crippen LogP contribution in [0.1, 0.15) is 32.1 Å². The molecule has 2 amide bonds. The average Bonchev–Trinajstić information content (AvgIpc) is 2.43. The number of carbonyl (C=O) groups excluding carboxylic acids is 1. The molecule has 2 rings (SSSR count). The minimum Gasteiger partial charge on any atom is -0.338 e. The monoisotopic (exact) mass is 278 g/mol. The second-order valence-electron chi connectivity index (χ2n) is 4.72. The van der Waals surface area contributed by atoms with E-state index in [9.17, 15) is 4.79 Å². The average molecular weight is 279 g/mol. The molecule has 1 aliphatic rings. The lowest BCUT2D eigenvalue weighted by atomic mass is 9.97. The molecule has 0 saturated carbocycles. The van der Waals surface area contributed by atoms with Gasteiger partial charge in [0, 0.05) is 6.54 Å². The Morgan fingerprint density at radius 1 is 1.26 bits per heavy atom. The van der Waals surface area contributed by atoms with Crippen molar-refractivity contribution in [3.05, 3.63) is 40.9 Å². The quantitative estimate of drug-likeness (QED) is 0.790. The van der Waals surface area contributed by atoms with E-state index < -0.39 is 0 Å². The molecule has 0 radical (unpaired) electrons. The first-order chi connectivity index (χ1) is 9.25. The maximum absolute atomic E-state index is 11.7. The van der Waals surface area contributed by atoms with Gasteiger partial charge in [0.15, 0.2) is 0 Å². The van der Waals surface area contributed by atoms with Crippen molar-refractivity contribution in [2.75, 3.05) is 11.9 Å². The zero-order chi connectivity index (χ0) is 13.5. The Morgan fingerprint density at radius 2 is 2.11 bits per heavy atom. The summed E-state index contributed by atoms with van der Waals surface area (Å²) in [6.07, 6.45) is 8.17. The fraction of sp³-hybridized carbons (Fsp3) is 0.400. The molecular formula is C15H19ClN2O. The van der Waals surface area contributed by atoms with Crippen LogP contribution in [0.2, 0.25) is 5.02 Å². The van der Waals surface area contributed by atoms with Crippen LogP contribution >= 0.6 is 11.6 Å². The van der Waals surface area contributed by atoms with E-state index in [0.717, 1.165) is 6.42 Å². The predicted octanol–water partition coefficient (Wildman–Crippen LogP) is 4.35. The number of nitrogens with one attached hydrogen (secondary N) is 2. The number of hydrogen-bond acceptors (Lipinski definition) is 1. The molecule has 1 aromatic rings. The minimum absolute atomic E-state index is 0.204. The Morgan fingerprint density at radius 3 is 2.84 bits per heavy atom. The molecule has 3 nitrogen and oxygen atoms in total. The highest BCUT2D eigenvalue weighted by Crippen LogP contribution is 2.21. The van der Waals surface area contributed by atoms with Gasteiger partial charge in [-0.15, -0.1) is 0 Å². The third-order valence-electron chi connectivity index (χ3n) is 3.24. The highest BCUT2D eigenvalue weighted by atomic mass is 35.5. The van der Waals surface area contributed by atoms with Crippen LogP contribution in [0.5, 0.6) is 0 Å². The molecule has 19 heavy (non-hydrogen) atoms. The molecule has 0 aromatic heterocycles. The Hall–Kier alpha value is -1.48. The predicted molar refractivity (Wildman–Crippen MR) is 79.6 cm³/mol. The smallest absolute Gasteiger partial charge is 0.319 e. The van der Waals surface area contributed by atoms with Crippen LogP contribution in [0.4, 0.5) is 10.5 Å². The van der Waals surface area contributed by atoms with Crippen LogP contribution in [-0.4, -0.2) is 12.6 Å². The van der Waals surface area contributed by atoms with Gasteiger partial charge in [0.25, 0.3) is 0 Å². The summed E-state index contributed by atoms with van der Waals surface area (Å²) in [6, 6.07) is 7.01. The standard InChI is InChI=1S/C15H19ClN2O/c16-13-8-4-5-9-14(13)18-15(19)17-11-10-12-6-2-1-3-7-12/h4-6,8-9H,1-3,7,10-11H2,(H2,17,18,19). The first kappa shape index (κ1) is 13.9. The number of halogens is 1. The summed E-state index contributed by atoms with van der Waals surface area (Å²) in [5.41, 5.74) is 2.10. The lowest BCUT2D eigenvalue weighted by Crippen LogP contribution is -2.29. The first-order valence-electron chi connectivity index (χ1n) is 6.73. The van der Waals surface area contributed by atoms with Gasteiger partial charge in [-0.1, -0.05) is 35.4 Å². The number of carbonyl (C=O) groups is 1. The van der Waals surface area contributed by atoms with E-state index in [1.54, 1.807) is 12.1 Å². The number of anilines is 1. The third kappa shape index (κ3) is 4.60. The number of benzene rings is 1. The van der Waals surface area contributed by atoms with E-state index in [2.05, 4.69) is 16.7 Å². The van der Waals surface area contributed by atoms with Crippen molar-refractivity contribution in [1.29, 1.82) is 0 Å². The Kier molecular flexibility index (Phi) is 5.28. The van der Waals surface area contributed by atoms with Crippen molar-refractivity contribution >= 4 is 23.3 Å². The van der Waals surface area contributed by atoms with E-state index in [4.69, 9.17) is 11.6 Å². The normalized spacial score (nSPS) is 14.7. The molecule has 2 N–H and O–H groups in total. The summed E-state index contributed by atoms with van der Waals surface area (Å²) < 4.78 is 0. The number of hydrogen-bond donors (Lipinski definition) is 2. The summed E-state index contributed by atoms with van der Waals surface area (Å²) in [5.74, 6) is 0. The van der Waals surface area contributed by atoms with Gasteiger partial charge < -0.3 is 10.6 Å². The van der Waals surface area contributed by atoms with Gasteiger partial charge in [-0.3, -0.25) is 0 Å². The van der Waals surface area contributed by atoms with Gasteiger partial charge in [0.2, 0.25) is 0 Å². The highest BCUT2D eigenvalue weighted by molar-refractivity contribution is 6.33. The molecule has 0 unspecified atom stereocenters. The molecule has 0 heterocycles. The number of para-hydroxylation sites is 1. The molecule has 0 fully saturated rings. The minimum atomic E-state index is -0.204. The van der Waals surface area contributed by atoms with E-state index in [1.165, 1.54) is 31.3 Å². The number of amides is 2. The van der Waals surface area contributed by atoms with Gasteiger partial charge in [0.05, 0.1) is 10.7 Å². The lowest BCUT2D eigenvalue weighted by molar-refractivity contribution is 0.252. The van der Waals surface area contributed by atoms with Crippen LogP contribution in [0.25, 0.3) is 0 Å². The van der Waals surface area contributed by atoms with Gasteiger partial charge in [0.1, 0.15) is 0 Å². The maximum Gasteiger partial charge on any atom is 0.319 e. The van der Waals surface area contributed by atoms with Gasteiger partial charge >= 0.3 is 6.03 Å². The van der Waals surface area contributed by atoms with Crippen LogP contribution in [-0.2, 0) is 0 Å². The van der Waals surface area contributed by atoms with Crippen molar-refractivity contribution in [3.63, 3.8) is 0 Å². The fourth-order valence-corrected chi connectivity index (χ4v) is 2.38. The summed E-state index contributed by atoms with van der Waals surface area (Å²) in [5, 5.41) is 6.15. The van der Waals surface area contributed by atoms with Crippen molar-refractivity contribution in [2.24, 2.45) is 0 Å². The van der Waals surface area contributed by atoms with Gasteiger partial charge in [-0.05, 0) is 44.2 Å². The van der Waals surface area contributed by atoms with Crippen LogP contribution in [0.15, 0.2) is 35.9 Å². The lowest BCUT2D eigenvalue weighted by Gasteiger charge is -2.13. The van der Waals surface area contributed by atoms with Crippen molar-refractivity contribution < 1.29 is 4.79 Å². The van der Waals surface area contributed by atoms with E-state index >= 15 is 0 Å². The van der Waals surface area contributed by atoms with Gasteiger partial charge in [-0.25, -0.2) is 4.79 Å². The maximum atomic E-state index is 11.7. The van der Waals surface area contributed by atoms with Crippen molar-refractivity contribution in [2.45, 2.75) is 32.1 Å². The topological polar surface area (TPSA) is 41.1 Å². The van der Waals surface area contributed by atoms with Crippen molar-refractivity contribution in [3.8, 4) is 0 Å². The van der Waals surface area contributed by atoms with Crippen LogP contribution < -0.4 is 10.6 Å². The summed E-state index contributed by atoms with van der Waals surface area (Å²) >= 11 is 5.97. The van der Waals surface area contributed by atoms with E-state index in [0.29, 0.717) is 17.3 Å². The van der Waals surface area contributed by atoms with E-state index in [1.807, 2.05) is 12.1 Å². The molecule has 0 spiro atoms.